The van der Waals surface area contributed by atoms with Gasteiger partial charge in [0.05, 0.1) is 5.70 Å². The zero-order valence-corrected chi connectivity index (χ0v) is 8.66. The lowest BCUT2D eigenvalue weighted by atomic mass is 10.1. The SMILES string of the molecule is C/C(O)=C(/C)N=C1CCCCN1C=O. The summed E-state index contributed by atoms with van der Waals surface area (Å²) in [4.78, 5) is 16.5. The minimum Gasteiger partial charge on any atom is -0.511 e. The zero-order valence-electron chi connectivity index (χ0n) is 8.66. The summed E-state index contributed by atoms with van der Waals surface area (Å²) in [7, 11) is 0. The van der Waals surface area contributed by atoms with Crippen LogP contribution in [0.15, 0.2) is 16.4 Å². The average molecular weight is 196 g/mol. The van der Waals surface area contributed by atoms with Gasteiger partial charge in [-0.15, -0.1) is 0 Å². The van der Waals surface area contributed by atoms with Crippen molar-refractivity contribution in [2.75, 3.05) is 6.54 Å². The molecule has 1 N–H and O–H groups in total. The van der Waals surface area contributed by atoms with E-state index in [4.69, 9.17) is 0 Å². The molecular formula is C10H16N2O2. The molecule has 0 saturated carbocycles. The summed E-state index contributed by atoms with van der Waals surface area (Å²) in [6, 6.07) is 0. The van der Waals surface area contributed by atoms with Crippen LogP contribution < -0.4 is 0 Å². The van der Waals surface area contributed by atoms with Crippen molar-refractivity contribution in [2.45, 2.75) is 33.1 Å². The second kappa shape index (κ2) is 4.79. The number of hydrogen-bond donors (Lipinski definition) is 1. The van der Waals surface area contributed by atoms with Gasteiger partial charge < -0.3 is 10.0 Å². The number of aliphatic hydroxyl groups is 1. The largest absolute Gasteiger partial charge is 0.511 e. The highest BCUT2D eigenvalue weighted by molar-refractivity contribution is 5.91. The molecule has 0 spiro atoms. The third kappa shape index (κ3) is 2.58. The highest BCUT2D eigenvalue weighted by atomic mass is 16.3. The third-order valence-electron chi connectivity index (χ3n) is 2.33. The van der Waals surface area contributed by atoms with Gasteiger partial charge in [-0.3, -0.25) is 4.79 Å². The maximum Gasteiger partial charge on any atom is 0.215 e. The summed E-state index contributed by atoms with van der Waals surface area (Å²) in [6.07, 6.45) is 3.70. The second-order valence-electron chi connectivity index (χ2n) is 3.45. The molecule has 0 unspecified atom stereocenters. The van der Waals surface area contributed by atoms with Crippen LogP contribution in [-0.2, 0) is 4.79 Å². The molecule has 4 heteroatoms. The van der Waals surface area contributed by atoms with Crippen LogP contribution in [0.2, 0.25) is 0 Å². The monoisotopic (exact) mass is 196 g/mol. The number of likely N-dealkylation sites (tertiary alicyclic amines) is 1. The van der Waals surface area contributed by atoms with Crippen molar-refractivity contribution in [1.82, 2.24) is 4.90 Å². The Hall–Kier alpha value is -1.32. The van der Waals surface area contributed by atoms with Crippen molar-refractivity contribution in [3.05, 3.63) is 11.5 Å². The van der Waals surface area contributed by atoms with Gasteiger partial charge in [-0.25, -0.2) is 4.99 Å². The van der Waals surface area contributed by atoms with E-state index in [0.29, 0.717) is 5.70 Å². The maximum absolute atomic E-state index is 10.7. The number of aliphatic hydroxyl groups excluding tert-OH is 1. The molecular weight excluding hydrogens is 180 g/mol. The zero-order chi connectivity index (χ0) is 10.6. The van der Waals surface area contributed by atoms with Gasteiger partial charge in [0.1, 0.15) is 11.6 Å². The van der Waals surface area contributed by atoms with Crippen molar-refractivity contribution < 1.29 is 9.90 Å². The molecule has 0 radical (unpaired) electrons. The first-order valence-corrected chi connectivity index (χ1v) is 4.81. The average Bonchev–Trinajstić information content (AvgIpc) is 2.18. The Bertz CT molecular complexity index is 278. The summed E-state index contributed by atoms with van der Waals surface area (Å²) in [5.41, 5.74) is 0.578. The van der Waals surface area contributed by atoms with Gasteiger partial charge in [-0.1, -0.05) is 0 Å². The van der Waals surface area contributed by atoms with Gasteiger partial charge in [-0.05, 0) is 26.7 Å². The van der Waals surface area contributed by atoms with E-state index < -0.39 is 0 Å². The Morgan fingerprint density at radius 2 is 2.21 bits per heavy atom. The minimum absolute atomic E-state index is 0.203. The molecule has 1 aliphatic rings. The molecule has 1 aliphatic heterocycles. The van der Waals surface area contributed by atoms with Crippen LogP contribution in [0.1, 0.15) is 33.1 Å². The molecule has 0 aromatic rings. The van der Waals surface area contributed by atoms with E-state index in [1.165, 1.54) is 0 Å². The number of rotatable bonds is 2. The van der Waals surface area contributed by atoms with Crippen LogP contribution in [0.5, 0.6) is 0 Å². The van der Waals surface area contributed by atoms with E-state index in [9.17, 15) is 9.90 Å². The van der Waals surface area contributed by atoms with Gasteiger partial charge in [0, 0.05) is 13.0 Å². The fourth-order valence-electron chi connectivity index (χ4n) is 1.35. The Morgan fingerprint density at radius 3 is 2.79 bits per heavy atom. The van der Waals surface area contributed by atoms with E-state index in [-0.39, 0.29) is 5.76 Å². The number of aliphatic imine (C=N–C) groups is 1. The summed E-state index contributed by atoms with van der Waals surface area (Å²) < 4.78 is 0. The quantitative estimate of drug-likeness (QED) is 0.541. The van der Waals surface area contributed by atoms with Crippen molar-refractivity contribution in [1.29, 1.82) is 0 Å². The smallest absolute Gasteiger partial charge is 0.215 e. The number of amidine groups is 1. The van der Waals surface area contributed by atoms with Crippen LogP contribution in [0, 0.1) is 0 Å². The standard InChI is InChI=1S/C10H16N2O2/c1-8(9(2)14)11-10-5-3-4-6-12(10)7-13/h7,14H,3-6H2,1-2H3/b9-8+,11-10?. The first kappa shape index (κ1) is 10.8. The van der Waals surface area contributed by atoms with Gasteiger partial charge in [-0.2, -0.15) is 0 Å². The van der Waals surface area contributed by atoms with Crippen molar-refractivity contribution in [3.8, 4) is 0 Å². The van der Waals surface area contributed by atoms with Gasteiger partial charge in [0.2, 0.25) is 6.41 Å². The third-order valence-corrected chi connectivity index (χ3v) is 2.33. The molecule has 1 fully saturated rings. The van der Waals surface area contributed by atoms with E-state index >= 15 is 0 Å². The molecule has 4 nitrogen and oxygen atoms in total. The Kier molecular flexibility index (Phi) is 3.68. The molecule has 0 bridgehead atoms. The predicted molar refractivity (Wildman–Crippen MR) is 55.1 cm³/mol. The number of piperidine rings is 1. The molecule has 78 valence electrons. The molecule has 0 aliphatic carbocycles. The second-order valence-corrected chi connectivity index (χ2v) is 3.45. The number of amides is 1. The number of allylic oxidation sites excluding steroid dienone is 2. The summed E-state index contributed by atoms with van der Waals surface area (Å²) in [6.45, 7) is 4.06. The van der Waals surface area contributed by atoms with Crippen LogP contribution in [0.25, 0.3) is 0 Å². The molecule has 14 heavy (non-hydrogen) atoms. The van der Waals surface area contributed by atoms with E-state index in [1.807, 2.05) is 0 Å². The fourth-order valence-corrected chi connectivity index (χ4v) is 1.35. The number of nitrogens with zero attached hydrogens (tertiary/aromatic N) is 2. The molecule has 0 aromatic carbocycles. The van der Waals surface area contributed by atoms with E-state index in [0.717, 1.165) is 38.1 Å². The fraction of sp³-hybridized carbons (Fsp3) is 0.600. The van der Waals surface area contributed by atoms with E-state index in [2.05, 4.69) is 4.99 Å². The van der Waals surface area contributed by atoms with Crippen LogP contribution in [-0.4, -0.2) is 28.8 Å². The molecule has 0 atom stereocenters. The molecule has 0 aromatic heterocycles. The van der Waals surface area contributed by atoms with E-state index in [1.54, 1.807) is 18.7 Å². The van der Waals surface area contributed by atoms with Crippen LogP contribution >= 0.6 is 0 Å². The highest BCUT2D eigenvalue weighted by Gasteiger charge is 2.15. The number of carbonyl (C=O) groups is 1. The molecule has 1 heterocycles. The Balaban J connectivity index is 2.83. The van der Waals surface area contributed by atoms with Gasteiger partial charge in [0.15, 0.2) is 0 Å². The number of carbonyl (C=O) groups excluding carboxylic acids is 1. The number of hydrogen-bond acceptors (Lipinski definition) is 3. The minimum atomic E-state index is 0.203. The highest BCUT2D eigenvalue weighted by Crippen LogP contribution is 2.13. The maximum atomic E-state index is 10.7. The summed E-state index contributed by atoms with van der Waals surface area (Å²) in [5, 5.41) is 9.18. The lowest BCUT2D eigenvalue weighted by Crippen LogP contribution is -2.34. The topological polar surface area (TPSA) is 52.9 Å². The van der Waals surface area contributed by atoms with Crippen LogP contribution in [0.3, 0.4) is 0 Å². The molecule has 1 rings (SSSR count). The molecule has 1 saturated heterocycles. The van der Waals surface area contributed by atoms with Crippen molar-refractivity contribution in [3.63, 3.8) is 0 Å². The lowest BCUT2D eigenvalue weighted by molar-refractivity contribution is -0.115. The van der Waals surface area contributed by atoms with Crippen molar-refractivity contribution in [2.24, 2.45) is 4.99 Å². The summed E-state index contributed by atoms with van der Waals surface area (Å²) in [5.74, 6) is 0.964. The van der Waals surface area contributed by atoms with Gasteiger partial charge >= 0.3 is 0 Å². The normalized spacial score (nSPS) is 22.1. The first-order chi connectivity index (χ1) is 6.65. The predicted octanol–water partition coefficient (Wildman–Crippen LogP) is 1.84. The summed E-state index contributed by atoms with van der Waals surface area (Å²) >= 11 is 0. The van der Waals surface area contributed by atoms with Crippen molar-refractivity contribution >= 4 is 12.2 Å². The van der Waals surface area contributed by atoms with Gasteiger partial charge in [0.25, 0.3) is 0 Å². The van der Waals surface area contributed by atoms with Crippen LogP contribution in [0.4, 0.5) is 0 Å². The first-order valence-electron chi connectivity index (χ1n) is 4.81. The molecule has 1 amide bonds. The Labute approximate surface area is 83.9 Å². The lowest BCUT2D eigenvalue weighted by Gasteiger charge is -2.24. The Morgan fingerprint density at radius 1 is 1.50 bits per heavy atom.